The van der Waals surface area contributed by atoms with Gasteiger partial charge in [0.05, 0.1) is 6.54 Å². The number of carbonyl (C=O) groups is 2. The van der Waals surface area contributed by atoms with Crippen LogP contribution in [-0.4, -0.2) is 77.0 Å². The number of hydrogen-bond donors (Lipinski definition) is 1. The molecule has 1 N–H and O–H groups in total. The van der Waals surface area contributed by atoms with E-state index in [1.165, 1.54) is 6.20 Å². The number of carbonyl (C=O) groups excluding carboxylic acids is 2. The van der Waals surface area contributed by atoms with Gasteiger partial charge in [0.2, 0.25) is 0 Å². The molecule has 0 spiro atoms. The summed E-state index contributed by atoms with van der Waals surface area (Å²) < 4.78 is 90.6. The van der Waals surface area contributed by atoms with Crippen LogP contribution in [0.1, 0.15) is 6.42 Å². The fraction of sp³-hybridized carbons (Fsp3) is 0.529. The van der Waals surface area contributed by atoms with Gasteiger partial charge >= 0.3 is 30.2 Å². The van der Waals surface area contributed by atoms with E-state index in [1.54, 1.807) is 12.1 Å². The molecule has 3 heterocycles. The van der Waals surface area contributed by atoms with Gasteiger partial charge in [-0.2, -0.15) is 31.3 Å². The summed E-state index contributed by atoms with van der Waals surface area (Å²) in [5, 5.41) is 2.75. The van der Waals surface area contributed by atoms with Crippen LogP contribution in [0.4, 0.5) is 26.3 Å². The van der Waals surface area contributed by atoms with Gasteiger partial charge in [-0.3, -0.25) is 0 Å². The van der Waals surface area contributed by atoms with Gasteiger partial charge in [-0.25, -0.2) is 19.5 Å². The quantitative estimate of drug-likeness (QED) is 0.200. The number of thioether (sulfide) groups is 1. The first-order valence-corrected chi connectivity index (χ1v) is 10.3. The van der Waals surface area contributed by atoms with E-state index in [0.717, 1.165) is 16.7 Å². The Bertz CT molecular complexity index is 937. The third-order valence-electron chi connectivity index (χ3n) is 4.30. The minimum Gasteiger partial charge on any atom is -0.430 e. The van der Waals surface area contributed by atoms with Gasteiger partial charge in [-0.15, -0.1) is 0 Å². The highest BCUT2D eigenvalue weighted by atomic mass is 32.2. The maximum atomic E-state index is 12.8. The summed E-state index contributed by atoms with van der Waals surface area (Å²) in [5.41, 5.74) is 0.818. The second-order valence-electron chi connectivity index (χ2n) is 6.66. The smallest absolute Gasteiger partial charge is 0.430 e. The monoisotopic (exact) mass is 502 g/mol. The van der Waals surface area contributed by atoms with E-state index in [9.17, 15) is 35.9 Å². The van der Waals surface area contributed by atoms with Crippen molar-refractivity contribution in [2.24, 2.45) is 0 Å². The number of aromatic nitrogens is 2. The van der Waals surface area contributed by atoms with Crippen molar-refractivity contribution in [3.63, 3.8) is 0 Å². The van der Waals surface area contributed by atoms with Crippen LogP contribution in [-0.2, 0) is 19.1 Å². The van der Waals surface area contributed by atoms with Crippen LogP contribution in [0.15, 0.2) is 28.0 Å². The lowest BCUT2D eigenvalue weighted by Gasteiger charge is -2.44. The van der Waals surface area contributed by atoms with Gasteiger partial charge < -0.3 is 19.2 Å². The predicted molar refractivity (Wildman–Crippen MR) is 98.6 cm³/mol. The molecule has 33 heavy (non-hydrogen) atoms. The molecule has 1 aliphatic rings. The maximum Gasteiger partial charge on any atom is 0.491 e. The van der Waals surface area contributed by atoms with Crippen LogP contribution < -0.4 is 5.32 Å². The van der Waals surface area contributed by atoms with Crippen LogP contribution >= 0.6 is 11.8 Å². The van der Waals surface area contributed by atoms with E-state index in [0.29, 0.717) is 11.2 Å². The van der Waals surface area contributed by atoms with Crippen molar-refractivity contribution in [1.82, 2.24) is 20.2 Å². The number of halogens is 6. The number of pyridine rings is 1. The SMILES string of the molecule is O=C(OC1(OC(=O)C(F)(F)F)CNCCN1CCCSc1nc2ncccc2o1)C(F)(F)F. The topological polar surface area (TPSA) is 107 Å². The third kappa shape index (κ3) is 6.26. The predicted octanol–water partition coefficient (Wildman–Crippen LogP) is 2.48. The van der Waals surface area contributed by atoms with Gasteiger partial charge in [0.25, 0.3) is 5.22 Å². The number of oxazole rings is 1. The molecule has 0 amide bonds. The molecule has 3 rings (SSSR count). The molecule has 0 unspecified atom stereocenters. The molecule has 0 bridgehead atoms. The number of alkyl halides is 6. The fourth-order valence-electron chi connectivity index (χ4n) is 2.88. The summed E-state index contributed by atoms with van der Waals surface area (Å²) in [6.07, 6.45) is -9.32. The van der Waals surface area contributed by atoms with Gasteiger partial charge in [0.1, 0.15) is 0 Å². The Morgan fingerprint density at radius 2 is 1.85 bits per heavy atom. The lowest BCUT2D eigenvalue weighted by molar-refractivity contribution is -0.319. The number of esters is 2. The largest absolute Gasteiger partial charge is 0.491 e. The highest BCUT2D eigenvalue weighted by Gasteiger charge is 2.55. The first kappa shape index (κ1) is 25.0. The zero-order chi connectivity index (χ0) is 24.3. The van der Waals surface area contributed by atoms with Crippen molar-refractivity contribution in [2.75, 3.05) is 31.9 Å². The average molecular weight is 502 g/mol. The molecular weight excluding hydrogens is 486 g/mol. The molecule has 182 valence electrons. The van der Waals surface area contributed by atoms with Crippen LogP contribution in [0, 0.1) is 0 Å². The first-order valence-electron chi connectivity index (χ1n) is 9.31. The van der Waals surface area contributed by atoms with Crippen molar-refractivity contribution in [1.29, 1.82) is 0 Å². The van der Waals surface area contributed by atoms with E-state index in [2.05, 4.69) is 24.8 Å². The Labute approximate surface area is 185 Å². The number of rotatable bonds is 7. The Kier molecular flexibility index (Phi) is 7.38. The van der Waals surface area contributed by atoms with Crippen molar-refractivity contribution in [3.05, 3.63) is 18.3 Å². The van der Waals surface area contributed by atoms with E-state index >= 15 is 0 Å². The van der Waals surface area contributed by atoms with Gasteiger partial charge in [0, 0.05) is 31.6 Å². The molecule has 1 aliphatic heterocycles. The van der Waals surface area contributed by atoms with Gasteiger partial charge in [-0.1, -0.05) is 11.8 Å². The summed E-state index contributed by atoms with van der Waals surface area (Å²) in [6.45, 7) is -0.976. The highest BCUT2D eigenvalue weighted by Crippen LogP contribution is 2.30. The van der Waals surface area contributed by atoms with Crippen LogP contribution in [0.25, 0.3) is 11.2 Å². The number of fused-ring (bicyclic) bond motifs is 1. The van der Waals surface area contributed by atoms with Crippen LogP contribution in [0.3, 0.4) is 0 Å². The average Bonchev–Trinajstić information content (AvgIpc) is 3.14. The number of hydrogen-bond acceptors (Lipinski definition) is 10. The molecule has 16 heteroatoms. The van der Waals surface area contributed by atoms with Crippen LogP contribution in [0.2, 0.25) is 0 Å². The molecule has 1 saturated heterocycles. The molecule has 9 nitrogen and oxygen atoms in total. The first-order chi connectivity index (χ1) is 15.4. The summed E-state index contributed by atoms with van der Waals surface area (Å²) >= 11 is 1.14. The van der Waals surface area contributed by atoms with E-state index in [-0.39, 0.29) is 37.0 Å². The maximum absolute atomic E-state index is 12.8. The second-order valence-corrected chi connectivity index (χ2v) is 7.70. The number of piperazine rings is 1. The Balaban J connectivity index is 1.69. The standard InChI is InChI=1S/C17H16F6N4O5S/c18-16(19,20)12(28)31-15(32-13(29)17(21,22)23)9-24-5-7-27(15)6-2-8-33-14-26-11-10(30-14)3-1-4-25-11/h1,3-4,24H,2,5-9H2. The number of nitrogens with one attached hydrogen (secondary N) is 1. The highest BCUT2D eigenvalue weighted by molar-refractivity contribution is 7.99. The lowest BCUT2D eigenvalue weighted by Crippen LogP contribution is -2.66. The number of ether oxygens (including phenoxy) is 2. The molecular formula is C17H16F6N4O5S. The summed E-state index contributed by atoms with van der Waals surface area (Å²) in [7, 11) is 0. The van der Waals surface area contributed by atoms with Crippen LogP contribution in [0.5, 0.6) is 0 Å². The van der Waals surface area contributed by atoms with Crippen molar-refractivity contribution in [3.8, 4) is 0 Å². The summed E-state index contributed by atoms with van der Waals surface area (Å²) in [6, 6.07) is 3.30. The molecule has 1 fully saturated rings. The van der Waals surface area contributed by atoms with E-state index in [4.69, 9.17) is 4.42 Å². The Morgan fingerprint density at radius 1 is 1.18 bits per heavy atom. The fourth-order valence-corrected chi connectivity index (χ4v) is 3.63. The minimum absolute atomic E-state index is 0.138. The Hall–Kier alpha value is -2.59. The zero-order valence-corrected chi connectivity index (χ0v) is 17.4. The molecule has 2 aromatic heterocycles. The molecule has 0 atom stereocenters. The molecule has 0 aliphatic carbocycles. The normalized spacial score (nSPS) is 17.2. The summed E-state index contributed by atoms with van der Waals surface area (Å²) in [5.74, 6) is -8.23. The Morgan fingerprint density at radius 3 is 2.45 bits per heavy atom. The summed E-state index contributed by atoms with van der Waals surface area (Å²) in [4.78, 5) is 31.9. The lowest BCUT2D eigenvalue weighted by atomic mass is 10.2. The molecule has 0 aromatic carbocycles. The van der Waals surface area contributed by atoms with E-state index < -0.39 is 36.7 Å². The van der Waals surface area contributed by atoms with Gasteiger partial charge in [-0.05, 0) is 18.6 Å². The van der Waals surface area contributed by atoms with Gasteiger partial charge in [0.15, 0.2) is 11.2 Å². The third-order valence-corrected chi connectivity index (χ3v) is 5.21. The van der Waals surface area contributed by atoms with Crippen molar-refractivity contribution in [2.45, 2.75) is 29.9 Å². The molecule has 0 saturated carbocycles. The van der Waals surface area contributed by atoms with Crippen molar-refractivity contribution < 1.29 is 49.8 Å². The van der Waals surface area contributed by atoms with Crippen molar-refractivity contribution >= 4 is 34.9 Å². The number of nitrogens with zero attached hydrogens (tertiary/aromatic N) is 3. The zero-order valence-electron chi connectivity index (χ0n) is 16.5. The molecule has 2 aromatic rings. The second kappa shape index (κ2) is 9.72. The minimum atomic E-state index is -5.52. The van der Waals surface area contributed by atoms with E-state index in [1.807, 2.05) is 0 Å². The molecule has 0 radical (unpaired) electrons.